The Morgan fingerprint density at radius 2 is 1.71 bits per heavy atom. The first-order chi connectivity index (χ1) is 6.76. The highest BCUT2D eigenvalue weighted by atomic mass is 16.8. The van der Waals surface area contributed by atoms with Gasteiger partial charge in [-0.1, -0.05) is 12.3 Å². The zero-order valence-electron chi connectivity index (χ0n) is 8.91. The van der Waals surface area contributed by atoms with Gasteiger partial charge < -0.3 is 14.2 Å². The van der Waals surface area contributed by atoms with Gasteiger partial charge >= 0.3 is 0 Å². The first-order valence-corrected chi connectivity index (χ1v) is 4.97. The van der Waals surface area contributed by atoms with Crippen LogP contribution in [0.15, 0.2) is 0 Å². The van der Waals surface area contributed by atoms with Gasteiger partial charge in [-0.15, -0.1) is 6.42 Å². The standard InChI is InChI=1S/C11H18O3/c1-4-11(8-6-5-7-9-11)14-10(12-2)13-3/h1,10H,5-9H2,2-3H3. The third-order valence-electron chi connectivity index (χ3n) is 2.63. The summed E-state index contributed by atoms with van der Waals surface area (Å²) >= 11 is 0. The van der Waals surface area contributed by atoms with Crippen LogP contribution in [0.5, 0.6) is 0 Å². The van der Waals surface area contributed by atoms with E-state index in [-0.39, 0.29) is 0 Å². The van der Waals surface area contributed by atoms with Crippen LogP contribution < -0.4 is 0 Å². The van der Waals surface area contributed by atoms with Crippen molar-refractivity contribution in [2.75, 3.05) is 14.2 Å². The van der Waals surface area contributed by atoms with Crippen molar-refractivity contribution in [1.82, 2.24) is 0 Å². The normalized spacial score (nSPS) is 20.7. The van der Waals surface area contributed by atoms with Crippen molar-refractivity contribution in [3.8, 4) is 12.3 Å². The van der Waals surface area contributed by atoms with Gasteiger partial charge in [-0.2, -0.15) is 0 Å². The molecule has 1 rings (SSSR count). The van der Waals surface area contributed by atoms with E-state index in [0.717, 1.165) is 25.7 Å². The van der Waals surface area contributed by atoms with E-state index in [1.165, 1.54) is 6.42 Å². The zero-order valence-corrected chi connectivity index (χ0v) is 8.91. The van der Waals surface area contributed by atoms with E-state index >= 15 is 0 Å². The molecule has 1 saturated carbocycles. The van der Waals surface area contributed by atoms with Crippen molar-refractivity contribution in [3.63, 3.8) is 0 Å². The van der Waals surface area contributed by atoms with Gasteiger partial charge in [-0.25, -0.2) is 0 Å². The highest BCUT2D eigenvalue weighted by Crippen LogP contribution is 2.32. The van der Waals surface area contributed by atoms with Crippen LogP contribution in [0.4, 0.5) is 0 Å². The van der Waals surface area contributed by atoms with Crippen molar-refractivity contribution in [3.05, 3.63) is 0 Å². The molecule has 0 saturated heterocycles. The maximum absolute atomic E-state index is 5.65. The first kappa shape index (κ1) is 11.5. The number of rotatable bonds is 4. The third kappa shape index (κ3) is 2.71. The molecule has 0 aromatic carbocycles. The minimum atomic E-state index is -0.649. The lowest BCUT2D eigenvalue weighted by atomic mass is 9.85. The SMILES string of the molecule is C#CC1(OC(OC)OC)CCCCC1. The molecule has 1 fully saturated rings. The summed E-state index contributed by atoms with van der Waals surface area (Å²) in [6.07, 6.45) is 10.8. The molecule has 0 aromatic heterocycles. The van der Waals surface area contributed by atoms with Crippen LogP contribution in [0.25, 0.3) is 0 Å². The van der Waals surface area contributed by atoms with Gasteiger partial charge in [0.15, 0.2) is 0 Å². The molecule has 0 spiro atoms. The largest absolute Gasteiger partial charge is 0.333 e. The molecule has 3 nitrogen and oxygen atoms in total. The maximum atomic E-state index is 5.65. The second kappa shape index (κ2) is 5.35. The summed E-state index contributed by atoms with van der Waals surface area (Å²) in [5.41, 5.74) is -0.477. The fourth-order valence-corrected chi connectivity index (χ4v) is 1.80. The Balaban J connectivity index is 2.56. The van der Waals surface area contributed by atoms with Crippen LogP contribution in [0.1, 0.15) is 32.1 Å². The smallest absolute Gasteiger partial charge is 0.272 e. The van der Waals surface area contributed by atoms with Crippen LogP contribution >= 0.6 is 0 Å². The fourth-order valence-electron chi connectivity index (χ4n) is 1.80. The lowest BCUT2D eigenvalue weighted by molar-refractivity contribution is -0.302. The van der Waals surface area contributed by atoms with E-state index in [1.807, 2.05) is 0 Å². The maximum Gasteiger partial charge on any atom is 0.272 e. The predicted molar refractivity (Wildman–Crippen MR) is 53.5 cm³/mol. The van der Waals surface area contributed by atoms with E-state index in [9.17, 15) is 0 Å². The summed E-state index contributed by atoms with van der Waals surface area (Å²) in [5, 5.41) is 0. The van der Waals surface area contributed by atoms with E-state index in [0.29, 0.717) is 0 Å². The summed E-state index contributed by atoms with van der Waals surface area (Å²) < 4.78 is 15.6. The van der Waals surface area contributed by atoms with Crippen molar-refractivity contribution in [2.45, 2.75) is 44.2 Å². The van der Waals surface area contributed by atoms with Crippen molar-refractivity contribution in [1.29, 1.82) is 0 Å². The van der Waals surface area contributed by atoms with Gasteiger partial charge in [-0.3, -0.25) is 0 Å². The summed E-state index contributed by atoms with van der Waals surface area (Å²) in [4.78, 5) is 0. The van der Waals surface area contributed by atoms with Gasteiger partial charge in [0.05, 0.1) is 0 Å². The Morgan fingerprint density at radius 3 is 2.14 bits per heavy atom. The van der Waals surface area contributed by atoms with Gasteiger partial charge in [0.2, 0.25) is 0 Å². The average Bonchev–Trinajstić information content (AvgIpc) is 2.27. The second-order valence-electron chi connectivity index (χ2n) is 3.58. The van der Waals surface area contributed by atoms with E-state index in [1.54, 1.807) is 14.2 Å². The molecule has 1 aliphatic rings. The van der Waals surface area contributed by atoms with Crippen LogP contribution in [0, 0.1) is 12.3 Å². The van der Waals surface area contributed by atoms with Gasteiger partial charge in [0.25, 0.3) is 6.48 Å². The fraction of sp³-hybridized carbons (Fsp3) is 0.818. The molecule has 14 heavy (non-hydrogen) atoms. The molecule has 0 N–H and O–H groups in total. The highest BCUT2D eigenvalue weighted by Gasteiger charge is 2.33. The Morgan fingerprint density at radius 1 is 1.14 bits per heavy atom. The number of ether oxygens (including phenoxy) is 3. The second-order valence-corrected chi connectivity index (χ2v) is 3.58. The van der Waals surface area contributed by atoms with Crippen LogP contribution in [0.3, 0.4) is 0 Å². The summed E-state index contributed by atoms with van der Waals surface area (Å²) in [6.45, 7) is -0.649. The molecule has 3 heteroatoms. The van der Waals surface area contributed by atoms with Crippen LogP contribution in [-0.4, -0.2) is 26.3 Å². The Labute approximate surface area is 85.7 Å². The van der Waals surface area contributed by atoms with E-state index in [4.69, 9.17) is 20.6 Å². The Kier molecular flexibility index (Phi) is 4.40. The molecule has 1 aliphatic carbocycles. The molecule has 80 valence electrons. The molecule has 0 bridgehead atoms. The molecule has 0 aromatic rings. The van der Waals surface area contributed by atoms with Crippen LogP contribution in [-0.2, 0) is 14.2 Å². The minimum Gasteiger partial charge on any atom is -0.333 e. The minimum absolute atomic E-state index is 0.477. The number of methoxy groups -OCH3 is 2. The van der Waals surface area contributed by atoms with Crippen molar-refractivity contribution < 1.29 is 14.2 Å². The molecule has 0 atom stereocenters. The average molecular weight is 198 g/mol. The van der Waals surface area contributed by atoms with E-state index < -0.39 is 12.1 Å². The lowest BCUT2D eigenvalue weighted by Crippen LogP contribution is -2.38. The number of hydrogen-bond acceptors (Lipinski definition) is 3. The lowest BCUT2D eigenvalue weighted by Gasteiger charge is -2.34. The molecule has 0 aliphatic heterocycles. The Bertz CT molecular complexity index is 197. The summed E-state index contributed by atoms with van der Waals surface area (Å²) in [6, 6.07) is 0. The molecule has 0 radical (unpaired) electrons. The first-order valence-electron chi connectivity index (χ1n) is 4.97. The topological polar surface area (TPSA) is 27.7 Å². The van der Waals surface area contributed by atoms with Gasteiger partial charge in [0.1, 0.15) is 5.60 Å². The van der Waals surface area contributed by atoms with Crippen LogP contribution in [0.2, 0.25) is 0 Å². The van der Waals surface area contributed by atoms with Gasteiger partial charge in [0, 0.05) is 14.2 Å². The molecule has 0 heterocycles. The highest BCUT2D eigenvalue weighted by molar-refractivity contribution is 5.09. The number of hydrogen-bond donors (Lipinski definition) is 0. The molecule has 0 unspecified atom stereocenters. The third-order valence-corrected chi connectivity index (χ3v) is 2.63. The molecule has 0 amide bonds. The zero-order chi connectivity index (χ0) is 10.4. The number of terminal acetylenes is 1. The Hall–Kier alpha value is -0.560. The monoisotopic (exact) mass is 198 g/mol. The predicted octanol–water partition coefficient (Wildman–Crippen LogP) is 1.92. The van der Waals surface area contributed by atoms with Crippen molar-refractivity contribution in [2.24, 2.45) is 0 Å². The quantitative estimate of drug-likeness (QED) is 0.510. The molecular weight excluding hydrogens is 180 g/mol. The van der Waals surface area contributed by atoms with Crippen molar-refractivity contribution >= 4 is 0 Å². The summed E-state index contributed by atoms with van der Waals surface area (Å²) in [7, 11) is 3.09. The van der Waals surface area contributed by atoms with Gasteiger partial charge in [-0.05, 0) is 25.7 Å². The summed E-state index contributed by atoms with van der Waals surface area (Å²) in [5.74, 6) is 2.73. The van der Waals surface area contributed by atoms with E-state index in [2.05, 4.69) is 5.92 Å². The molecular formula is C11H18O3.